The van der Waals surface area contributed by atoms with Crippen molar-refractivity contribution in [1.29, 1.82) is 0 Å². The molecular formula is C19H11Cl2N3O2S. The van der Waals surface area contributed by atoms with Crippen LogP contribution in [0.1, 0.15) is 16.8 Å². The minimum absolute atomic E-state index is 0.171. The Morgan fingerprint density at radius 3 is 2.67 bits per heavy atom. The Morgan fingerprint density at radius 1 is 1.07 bits per heavy atom. The van der Waals surface area contributed by atoms with Crippen LogP contribution in [-0.4, -0.2) is 14.6 Å². The summed E-state index contributed by atoms with van der Waals surface area (Å²) >= 11 is 13.2. The molecule has 0 aliphatic carbocycles. The first kappa shape index (κ1) is 17.9. The van der Waals surface area contributed by atoms with Crippen LogP contribution in [0.2, 0.25) is 10.0 Å². The Morgan fingerprint density at radius 2 is 1.89 bits per heavy atom. The molecule has 0 saturated carbocycles. The molecule has 0 aliphatic rings. The topological polar surface area (TPSA) is 64.3 Å². The second-order valence-corrected chi connectivity index (χ2v) is 7.65. The third kappa shape index (κ3) is 3.64. The Kier molecular flexibility index (Phi) is 4.78. The van der Waals surface area contributed by atoms with E-state index in [1.807, 2.05) is 18.2 Å². The fourth-order valence-electron chi connectivity index (χ4n) is 2.62. The number of nitrogens with zero attached hydrogens (tertiary/aromatic N) is 3. The molecule has 27 heavy (non-hydrogen) atoms. The van der Waals surface area contributed by atoms with Crippen LogP contribution in [0.5, 0.6) is 0 Å². The van der Waals surface area contributed by atoms with Crippen molar-refractivity contribution in [2.45, 2.75) is 6.42 Å². The second kappa shape index (κ2) is 7.23. The van der Waals surface area contributed by atoms with Crippen LogP contribution >= 0.6 is 34.5 Å². The molecule has 134 valence electrons. The number of rotatable bonds is 3. The van der Waals surface area contributed by atoms with E-state index in [2.05, 4.69) is 10.1 Å². The summed E-state index contributed by atoms with van der Waals surface area (Å²) in [5.41, 5.74) is 0.905. The first-order valence-corrected chi connectivity index (χ1v) is 9.52. The molecule has 5 nitrogen and oxygen atoms in total. The minimum atomic E-state index is -0.467. The minimum Gasteiger partial charge on any atom is -0.266 e. The first-order valence-electron chi connectivity index (χ1n) is 7.95. The van der Waals surface area contributed by atoms with Crippen LogP contribution in [0.3, 0.4) is 0 Å². The zero-order valence-corrected chi connectivity index (χ0v) is 16.1. The van der Waals surface area contributed by atoms with E-state index in [4.69, 9.17) is 23.2 Å². The smallest absolute Gasteiger partial charge is 0.266 e. The average molecular weight is 416 g/mol. The van der Waals surface area contributed by atoms with Gasteiger partial charge < -0.3 is 0 Å². The summed E-state index contributed by atoms with van der Waals surface area (Å²) in [6, 6.07) is 14.3. The van der Waals surface area contributed by atoms with Crippen molar-refractivity contribution >= 4 is 45.6 Å². The number of hydrogen-bond donors (Lipinski definition) is 0. The van der Waals surface area contributed by atoms with Crippen molar-refractivity contribution in [3.8, 4) is 0 Å². The third-order valence-corrected chi connectivity index (χ3v) is 5.48. The SMILES string of the molecule is O=c1nc2s/c(=C\c3cccc(Cl)c3)c(=O)n2nc1Cc1ccccc1Cl. The zero-order chi connectivity index (χ0) is 19.0. The van der Waals surface area contributed by atoms with E-state index < -0.39 is 5.56 Å². The van der Waals surface area contributed by atoms with Crippen LogP contribution < -0.4 is 15.7 Å². The normalized spacial score (nSPS) is 12.0. The van der Waals surface area contributed by atoms with E-state index in [-0.39, 0.29) is 22.6 Å². The Balaban J connectivity index is 1.83. The fraction of sp³-hybridized carbons (Fsp3) is 0.0526. The Hall–Kier alpha value is -2.54. The summed E-state index contributed by atoms with van der Waals surface area (Å²) in [7, 11) is 0. The van der Waals surface area contributed by atoms with Gasteiger partial charge >= 0.3 is 0 Å². The molecule has 0 aliphatic heterocycles. The molecule has 0 bridgehead atoms. The van der Waals surface area contributed by atoms with Gasteiger partial charge in [0, 0.05) is 16.5 Å². The summed E-state index contributed by atoms with van der Waals surface area (Å²) in [6.07, 6.45) is 1.91. The molecule has 0 amide bonds. The number of fused-ring (bicyclic) bond motifs is 1. The van der Waals surface area contributed by atoms with Crippen molar-refractivity contribution in [3.63, 3.8) is 0 Å². The number of aromatic nitrogens is 3. The lowest BCUT2D eigenvalue weighted by Crippen LogP contribution is -2.28. The maximum atomic E-state index is 12.7. The monoisotopic (exact) mass is 415 g/mol. The molecule has 0 spiro atoms. The van der Waals surface area contributed by atoms with Gasteiger partial charge in [0.05, 0.1) is 4.53 Å². The van der Waals surface area contributed by atoms with E-state index in [1.165, 1.54) is 0 Å². The highest BCUT2D eigenvalue weighted by atomic mass is 35.5. The summed E-state index contributed by atoms with van der Waals surface area (Å²) in [5, 5.41) is 5.33. The highest BCUT2D eigenvalue weighted by molar-refractivity contribution is 7.15. The lowest BCUT2D eigenvalue weighted by atomic mass is 10.1. The highest BCUT2D eigenvalue weighted by Gasteiger charge is 2.12. The molecule has 4 rings (SSSR count). The quantitative estimate of drug-likeness (QED) is 0.515. The standard InChI is InChI=1S/C19H11Cl2N3O2S/c20-13-6-3-4-11(8-13)9-16-18(26)24-19(27-16)22-17(25)15(23-24)10-12-5-1-2-7-14(12)21/h1-9H,10H2/b16-9-. The van der Waals surface area contributed by atoms with E-state index >= 15 is 0 Å². The Bertz CT molecular complexity index is 1330. The first-order chi connectivity index (χ1) is 13.0. The molecule has 0 fully saturated rings. The highest BCUT2D eigenvalue weighted by Crippen LogP contribution is 2.17. The van der Waals surface area contributed by atoms with Crippen molar-refractivity contribution in [1.82, 2.24) is 14.6 Å². The second-order valence-electron chi connectivity index (χ2n) is 5.80. The van der Waals surface area contributed by atoms with Crippen LogP contribution in [0.25, 0.3) is 11.0 Å². The van der Waals surface area contributed by atoms with Gasteiger partial charge in [-0.1, -0.05) is 64.9 Å². The summed E-state index contributed by atoms with van der Waals surface area (Å²) < 4.78 is 1.58. The molecule has 2 heterocycles. The van der Waals surface area contributed by atoms with Gasteiger partial charge in [0.2, 0.25) is 4.96 Å². The third-order valence-electron chi connectivity index (χ3n) is 3.91. The van der Waals surface area contributed by atoms with Crippen molar-refractivity contribution in [2.24, 2.45) is 0 Å². The molecule has 0 unspecified atom stereocenters. The van der Waals surface area contributed by atoms with Gasteiger partial charge in [0.15, 0.2) is 0 Å². The van der Waals surface area contributed by atoms with Gasteiger partial charge in [-0.2, -0.15) is 14.6 Å². The number of hydrogen-bond acceptors (Lipinski definition) is 5. The lowest BCUT2D eigenvalue weighted by Gasteiger charge is -2.02. The molecule has 2 aromatic carbocycles. The molecule has 8 heteroatoms. The van der Waals surface area contributed by atoms with Gasteiger partial charge in [0.1, 0.15) is 5.69 Å². The van der Waals surface area contributed by atoms with Crippen LogP contribution in [0.15, 0.2) is 58.1 Å². The molecular weight excluding hydrogens is 405 g/mol. The van der Waals surface area contributed by atoms with E-state index in [0.29, 0.717) is 14.6 Å². The fourth-order valence-corrected chi connectivity index (χ4v) is 3.93. The van der Waals surface area contributed by atoms with Gasteiger partial charge in [0.25, 0.3) is 11.1 Å². The summed E-state index contributed by atoms with van der Waals surface area (Å²) in [5.74, 6) is 0. The van der Waals surface area contributed by atoms with Crippen LogP contribution in [0.4, 0.5) is 0 Å². The maximum Gasteiger partial charge on any atom is 0.296 e. The molecule has 0 N–H and O–H groups in total. The van der Waals surface area contributed by atoms with Gasteiger partial charge in [-0.3, -0.25) is 9.59 Å². The number of benzene rings is 2. The average Bonchev–Trinajstić information content (AvgIpc) is 2.92. The molecule has 0 radical (unpaired) electrons. The predicted octanol–water partition coefficient (Wildman–Crippen LogP) is 2.96. The maximum absolute atomic E-state index is 12.7. The van der Waals surface area contributed by atoms with Gasteiger partial charge in [-0.05, 0) is 35.4 Å². The molecule has 0 saturated heterocycles. The largest absolute Gasteiger partial charge is 0.296 e. The van der Waals surface area contributed by atoms with Crippen LogP contribution in [0, 0.1) is 0 Å². The van der Waals surface area contributed by atoms with Crippen molar-refractivity contribution < 1.29 is 0 Å². The van der Waals surface area contributed by atoms with E-state index in [0.717, 1.165) is 27.0 Å². The predicted molar refractivity (Wildman–Crippen MR) is 108 cm³/mol. The van der Waals surface area contributed by atoms with E-state index in [1.54, 1.807) is 36.4 Å². The lowest BCUT2D eigenvalue weighted by molar-refractivity contribution is 0.811. The number of thiazole rings is 1. The number of halogens is 2. The zero-order valence-electron chi connectivity index (χ0n) is 13.7. The molecule has 2 aromatic heterocycles. The van der Waals surface area contributed by atoms with Crippen molar-refractivity contribution in [2.75, 3.05) is 0 Å². The van der Waals surface area contributed by atoms with Gasteiger partial charge in [-0.25, -0.2) is 0 Å². The summed E-state index contributed by atoms with van der Waals surface area (Å²) in [4.78, 5) is 29.3. The molecule has 4 aromatic rings. The van der Waals surface area contributed by atoms with E-state index in [9.17, 15) is 9.59 Å². The Labute approximate surface area is 167 Å². The molecule has 0 atom stereocenters. The summed E-state index contributed by atoms with van der Waals surface area (Å²) in [6.45, 7) is 0. The van der Waals surface area contributed by atoms with Gasteiger partial charge in [-0.15, -0.1) is 0 Å². The van der Waals surface area contributed by atoms with Crippen molar-refractivity contribution in [3.05, 3.63) is 101 Å². The van der Waals surface area contributed by atoms with Crippen LogP contribution in [-0.2, 0) is 6.42 Å².